The van der Waals surface area contributed by atoms with Crippen LogP contribution in [0, 0.1) is 6.92 Å². The Bertz CT molecular complexity index is 3040. The molecule has 4 aromatic heterocycles. The number of benzene rings is 4. The lowest BCUT2D eigenvalue weighted by Crippen LogP contribution is -2.42. The molecule has 302 valence electrons. The molecule has 1 saturated heterocycles. The lowest BCUT2D eigenvalue weighted by molar-refractivity contribution is -0.0636. The topological polar surface area (TPSA) is 167 Å². The van der Waals surface area contributed by atoms with Crippen molar-refractivity contribution >= 4 is 50.5 Å². The van der Waals surface area contributed by atoms with E-state index < -0.39 is 54.6 Å². The van der Waals surface area contributed by atoms with Crippen LogP contribution in [-0.2, 0) is 31.8 Å². The van der Waals surface area contributed by atoms with E-state index in [1.165, 1.54) is 27.5 Å². The van der Waals surface area contributed by atoms with Crippen LogP contribution in [0.4, 0.5) is 0 Å². The first-order valence-electron chi connectivity index (χ1n) is 19.6. The maximum atomic E-state index is 14.7. The predicted octanol–water partition coefficient (Wildman–Crippen LogP) is 6.87. The van der Waals surface area contributed by atoms with Gasteiger partial charge in [0.2, 0.25) is 0 Å². The van der Waals surface area contributed by atoms with Crippen molar-refractivity contribution in [3.63, 3.8) is 0 Å². The zero-order valence-electron chi connectivity index (χ0n) is 32.4. The second-order valence-electron chi connectivity index (χ2n) is 14.6. The van der Waals surface area contributed by atoms with E-state index in [-0.39, 0.29) is 27.7 Å². The van der Waals surface area contributed by atoms with Crippen LogP contribution in [0.5, 0.6) is 0 Å². The van der Waals surface area contributed by atoms with E-state index in [9.17, 15) is 19.2 Å². The molecule has 1 fully saturated rings. The molecular weight excluding hydrogens is 797 g/mol. The van der Waals surface area contributed by atoms with E-state index in [4.69, 9.17) is 33.9 Å². The summed E-state index contributed by atoms with van der Waals surface area (Å²) in [7, 11) is 0. The maximum absolute atomic E-state index is 14.7. The van der Waals surface area contributed by atoms with E-state index >= 15 is 0 Å². The molecule has 5 heterocycles. The molecule has 0 unspecified atom stereocenters. The molecule has 2 aliphatic rings. The first-order chi connectivity index (χ1) is 29.8. The molecule has 1 aliphatic heterocycles. The Labute approximate surface area is 351 Å². The number of esters is 3. The summed E-state index contributed by atoms with van der Waals surface area (Å²) in [6.45, 7) is 1.39. The molecule has 1 aliphatic carbocycles. The summed E-state index contributed by atoms with van der Waals surface area (Å²) in [5.74, 6) is -1.15. The van der Waals surface area contributed by atoms with Gasteiger partial charge in [0.1, 0.15) is 35.1 Å². The Morgan fingerprint density at radius 2 is 1.39 bits per heavy atom. The summed E-state index contributed by atoms with van der Waals surface area (Å²) in [6, 6.07) is 33.1. The molecule has 0 saturated carbocycles. The van der Waals surface area contributed by atoms with Gasteiger partial charge in [0, 0.05) is 10.4 Å². The van der Waals surface area contributed by atoms with Gasteiger partial charge in [-0.15, -0.1) is 11.3 Å². The first kappa shape index (κ1) is 37.9. The molecule has 0 radical (unpaired) electrons. The zero-order chi connectivity index (χ0) is 41.6. The fourth-order valence-corrected chi connectivity index (χ4v) is 9.14. The van der Waals surface area contributed by atoms with Crippen LogP contribution in [0.1, 0.15) is 53.6 Å². The minimum Gasteiger partial charge on any atom is -0.459 e. The number of ether oxygens (including phenoxy) is 4. The number of thiophene rings is 1. The summed E-state index contributed by atoms with van der Waals surface area (Å²) in [5.41, 5.74) is 3.73. The molecule has 0 spiro atoms. The zero-order valence-corrected chi connectivity index (χ0v) is 33.2. The van der Waals surface area contributed by atoms with Gasteiger partial charge < -0.3 is 18.9 Å². The molecule has 0 amide bonds. The molecule has 15 heteroatoms. The number of carbonyl (C=O) groups is 3. The Kier molecular flexibility index (Phi) is 9.73. The highest BCUT2D eigenvalue weighted by Crippen LogP contribution is 2.45. The fourth-order valence-electron chi connectivity index (χ4n) is 7.92. The lowest BCUT2D eigenvalue weighted by atomic mass is 9.89. The number of aromatic nitrogens is 6. The van der Waals surface area contributed by atoms with Crippen molar-refractivity contribution < 1.29 is 33.3 Å². The van der Waals surface area contributed by atoms with Crippen LogP contribution >= 0.6 is 11.3 Å². The molecule has 10 rings (SSSR count). The third-order valence-corrected chi connectivity index (χ3v) is 11.9. The van der Waals surface area contributed by atoms with Crippen molar-refractivity contribution in [2.24, 2.45) is 0 Å². The maximum Gasteiger partial charge on any atom is 0.338 e. The van der Waals surface area contributed by atoms with Crippen molar-refractivity contribution in [2.45, 2.75) is 44.3 Å². The number of nitrogens with zero attached hydrogens (tertiary/aromatic N) is 6. The number of fused-ring (bicyclic) bond motifs is 6. The van der Waals surface area contributed by atoms with Gasteiger partial charge in [0.25, 0.3) is 5.56 Å². The predicted molar refractivity (Wildman–Crippen MR) is 224 cm³/mol. The monoisotopic (exact) mass is 830 g/mol. The van der Waals surface area contributed by atoms with Crippen LogP contribution in [0.3, 0.4) is 0 Å². The Morgan fingerprint density at radius 3 is 2.08 bits per heavy atom. The minimum absolute atomic E-state index is 0.116. The molecular formula is C46H34N6O8S. The highest BCUT2D eigenvalue weighted by molar-refractivity contribution is 7.19. The molecule has 14 nitrogen and oxygen atoms in total. The van der Waals surface area contributed by atoms with Crippen molar-refractivity contribution in [1.82, 2.24) is 29.3 Å². The summed E-state index contributed by atoms with van der Waals surface area (Å²) >= 11 is 1.62. The normalized spacial score (nSPS) is 18.0. The van der Waals surface area contributed by atoms with E-state index in [0.717, 1.165) is 34.2 Å². The van der Waals surface area contributed by atoms with Gasteiger partial charge in [-0.25, -0.2) is 29.3 Å². The lowest BCUT2D eigenvalue weighted by Gasteiger charge is -2.25. The molecule has 0 bridgehead atoms. The molecule has 0 N–H and O–H groups in total. The van der Waals surface area contributed by atoms with Gasteiger partial charge in [0.15, 0.2) is 29.9 Å². The third kappa shape index (κ3) is 6.92. The van der Waals surface area contributed by atoms with Crippen molar-refractivity contribution in [1.29, 1.82) is 0 Å². The van der Waals surface area contributed by atoms with Gasteiger partial charge in [-0.3, -0.25) is 9.36 Å². The number of rotatable bonds is 9. The van der Waals surface area contributed by atoms with Gasteiger partial charge in [-0.2, -0.15) is 9.78 Å². The minimum atomic E-state index is -1.42. The summed E-state index contributed by atoms with van der Waals surface area (Å²) < 4.78 is 27.0. The third-order valence-electron chi connectivity index (χ3n) is 10.8. The second-order valence-corrected chi connectivity index (χ2v) is 15.7. The standard InChI is InChI=1S/C46H34N6O8S/c1-26-49-40(36-35-31-20-12-11-13-27(31)21-22-34(35)61-41(36)50-26)52-39-32(23-48-52)42(53)51(25-47-39)43-38(60-46(56)30-18-9-4-10-19-30)37(59-45(55)29-16-7-3-8-17-29)33(58-43)24-57-44(54)28-14-5-2-6-15-28/h2-20,23,25,33,37-38,43H,21-22,24H2,1H3/t33-,37-,38-,43-/m1/s1. The van der Waals surface area contributed by atoms with E-state index in [2.05, 4.69) is 17.2 Å². The average molecular weight is 831 g/mol. The summed E-state index contributed by atoms with van der Waals surface area (Å²) in [4.78, 5) is 71.6. The number of carbonyl (C=O) groups excluding carboxylic acids is 3. The van der Waals surface area contributed by atoms with Crippen LogP contribution in [0.15, 0.2) is 133 Å². The van der Waals surface area contributed by atoms with Gasteiger partial charge in [0.05, 0.1) is 28.3 Å². The molecule has 8 aromatic rings. The highest BCUT2D eigenvalue weighted by Gasteiger charge is 2.52. The molecule has 4 atom stereocenters. The van der Waals surface area contributed by atoms with Crippen molar-refractivity contribution in [3.05, 3.63) is 171 Å². The van der Waals surface area contributed by atoms with Crippen LogP contribution in [0.2, 0.25) is 0 Å². The van der Waals surface area contributed by atoms with Gasteiger partial charge in [-0.1, -0.05) is 78.9 Å². The fraction of sp³-hybridized carbons (Fsp3) is 0.174. The Morgan fingerprint density at radius 1 is 0.770 bits per heavy atom. The van der Waals surface area contributed by atoms with Crippen LogP contribution < -0.4 is 5.56 Å². The van der Waals surface area contributed by atoms with Crippen LogP contribution in [-0.4, -0.2) is 72.1 Å². The van der Waals surface area contributed by atoms with Crippen molar-refractivity contribution in [2.75, 3.05) is 6.61 Å². The Hall–Kier alpha value is -7.36. The summed E-state index contributed by atoms with van der Waals surface area (Å²) in [5, 5.41) is 5.59. The van der Waals surface area contributed by atoms with Gasteiger partial charge >= 0.3 is 17.9 Å². The number of hydrogen-bond acceptors (Lipinski definition) is 13. The van der Waals surface area contributed by atoms with Crippen molar-refractivity contribution in [3.8, 4) is 16.9 Å². The SMILES string of the molecule is Cc1nc(-n2ncc3c(=O)n([C@@H]4O[C@H](COC(=O)c5ccccc5)[C@@H](OC(=O)c5ccccc5)[C@H]4OC(=O)c4ccccc4)cnc32)c2c3c(sc2n1)CCc1ccccc1-3. The van der Waals surface area contributed by atoms with Crippen LogP contribution in [0.25, 0.3) is 38.2 Å². The van der Waals surface area contributed by atoms with Gasteiger partial charge in [-0.05, 0) is 67.3 Å². The van der Waals surface area contributed by atoms with E-state index in [1.54, 1.807) is 107 Å². The number of hydrogen-bond donors (Lipinski definition) is 0. The summed E-state index contributed by atoms with van der Waals surface area (Å²) in [6.07, 6.45) is -0.925. The molecule has 4 aromatic carbocycles. The average Bonchev–Trinajstić information content (AvgIpc) is 4.00. The largest absolute Gasteiger partial charge is 0.459 e. The smallest absolute Gasteiger partial charge is 0.338 e. The number of aryl methyl sites for hydroxylation is 3. The van der Waals surface area contributed by atoms with E-state index in [1.807, 2.05) is 19.1 Å². The highest BCUT2D eigenvalue weighted by atomic mass is 32.1. The second kappa shape index (κ2) is 15.7. The van der Waals surface area contributed by atoms with E-state index in [0.29, 0.717) is 11.6 Å². The molecule has 61 heavy (non-hydrogen) atoms. The Balaban J connectivity index is 1.06. The first-order valence-corrected chi connectivity index (χ1v) is 20.4. The quantitative estimate of drug-likeness (QED) is 0.110.